The van der Waals surface area contributed by atoms with Crippen LogP contribution in [0.15, 0.2) is 41.2 Å². The van der Waals surface area contributed by atoms with Gasteiger partial charge < -0.3 is 4.52 Å². The van der Waals surface area contributed by atoms with Crippen molar-refractivity contribution >= 4 is 17.8 Å². The van der Waals surface area contributed by atoms with Gasteiger partial charge in [0.1, 0.15) is 0 Å². The van der Waals surface area contributed by atoms with E-state index >= 15 is 0 Å². The molecule has 1 aromatic carbocycles. The SMILES string of the molecule is Cn1cc(/C=C/c2nc(-c3ccc([N+](=O)[O-])cc3)no2)cn1. The fourth-order valence-corrected chi connectivity index (χ4v) is 1.85. The van der Waals surface area contributed by atoms with Crippen molar-refractivity contribution in [2.75, 3.05) is 0 Å². The molecule has 0 amide bonds. The fourth-order valence-electron chi connectivity index (χ4n) is 1.85. The lowest BCUT2D eigenvalue weighted by atomic mass is 10.2. The van der Waals surface area contributed by atoms with Crippen molar-refractivity contribution in [2.45, 2.75) is 0 Å². The summed E-state index contributed by atoms with van der Waals surface area (Å²) in [6.07, 6.45) is 7.05. The molecule has 0 saturated heterocycles. The van der Waals surface area contributed by atoms with E-state index < -0.39 is 4.92 Å². The van der Waals surface area contributed by atoms with E-state index in [-0.39, 0.29) is 5.69 Å². The summed E-state index contributed by atoms with van der Waals surface area (Å²) in [6, 6.07) is 5.96. The Balaban J connectivity index is 1.78. The lowest BCUT2D eigenvalue weighted by molar-refractivity contribution is -0.384. The molecule has 0 N–H and O–H groups in total. The van der Waals surface area contributed by atoms with Crippen LogP contribution in [0.5, 0.6) is 0 Å². The average molecular weight is 297 g/mol. The molecule has 0 aliphatic rings. The molecule has 0 aliphatic carbocycles. The first kappa shape index (κ1) is 13.7. The Bertz CT molecular complexity index is 832. The molecule has 22 heavy (non-hydrogen) atoms. The Labute approximate surface area is 124 Å². The van der Waals surface area contributed by atoms with E-state index in [4.69, 9.17) is 4.52 Å². The molecule has 0 radical (unpaired) electrons. The molecule has 0 spiro atoms. The quantitative estimate of drug-likeness (QED) is 0.542. The van der Waals surface area contributed by atoms with Crippen molar-refractivity contribution in [2.24, 2.45) is 7.05 Å². The van der Waals surface area contributed by atoms with Gasteiger partial charge in [0.05, 0.1) is 11.1 Å². The zero-order valence-corrected chi connectivity index (χ0v) is 11.6. The van der Waals surface area contributed by atoms with Gasteiger partial charge in [-0.2, -0.15) is 10.1 Å². The van der Waals surface area contributed by atoms with Crippen molar-refractivity contribution < 1.29 is 9.45 Å². The van der Waals surface area contributed by atoms with E-state index in [0.29, 0.717) is 17.3 Å². The average Bonchev–Trinajstić information content (AvgIpc) is 3.14. The van der Waals surface area contributed by atoms with Crippen molar-refractivity contribution in [3.8, 4) is 11.4 Å². The molecule has 8 heteroatoms. The maximum Gasteiger partial charge on any atom is 0.269 e. The second-order valence-corrected chi connectivity index (χ2v) is 4.54. The van der Waals surface area contributed by atoms with E-state index in [2.05, 4.69) is 15.2 Å². The number of hydrogen-bond acceptors (Lipinski definition) is 6. The van der Waals surface area contributed by atoms with Gasteiger partial charge in [-0.25, -0.2) is 0 Å². The van der Waals surface area contributed by atoms with Gasteiger partial charge in [0.2, 0.25) is 5.82 Å². The molecule has 8 nitrogen and oxygen atoms in total. The topological polar surface area (TPSA) is 99.9 Å². The zero-order valence-electron chi connectivity index (χ0n) is 11.6. The zero-order chi connectivity index (χ0) is 15.5. The highest BCUT2D eigenvalue weighted by Crippen LogP contribution is 2.20. The molecule has 110 valence electrons. The normalized spacial score (nSPS) is 11.1. The maximum absolute atomic E-state index is 10.6. The Hall–Kier alpha value is -3.29. The summed E-state index contributed by atoms with van der Waals surface area (Å²) >= 11 is 0. The highest BCUT2D eigenvalue weighted by atomic mass is 16.6. The molecule has 2 heterocycles. The number of benzene rings is 1. The Morgan fingerprint density at radius 2 is 2.05 bits per heavy atom. The minimum absolute atomic E-state index is 0.0175. The summed E-state index contributed by atoms with van der Waals surface area (Å²) in [4.78, 5) is 14.4. The van der Waals surface area contributed by atoms with Crippen molar-refractivity contribution in [1.29, 1.82) is 0 Å². The van der Waals surface area contributed by atoms with Gasteiger partial charge in [-0.1, -0.05) is 5.16 Å². The van der Waals surface area contributed by atoms with Crippen molar-refractivity contribution in [3.63, 3.8) is 0 Å². The number of aryl methyl sites for hydroxylation is 1. The first-order chi connectivity index (χ1) is 10.6. The highest BCUT2D eigenvalue weighted by molar-refractivity contribution is 5.66. The van der Waals surface area contributed by atoms with Gasteiger partial charge in [0, 0.05) is 42.6 Å². The van der Waals surface area contributed by atoms with E-state index in [0.717, 1.165) is 5.56 Å². The molecule has 0 unspecified atom stereocenters. The molecule has 3 rings (SSSR count). The molecular formula is C14H11N5O3. The van der Waals surface area contributed by atoms with E-state index in [1.807, 2.05) is 13.2 Å². The standard InChI is InChI=1S/C14H11N5O3/c1-18-9-10(8-15-18)2-7-13-16-14(17-22-13)11-3-5-12(6-4-11)19(20)21/h2-9H,1H3/b7-2+. The number of nitro benzene ring substituents is 1. The minimum atomic E-state index is -0.456. The van der Waals surface area contributed by atoms with E-state index in [9.17, 15) is 10.1 Å². The lowest BCUT2D eigenvalue weighted by Gasteiger charge is -1.93. The second kappa shape index (κ2) is 5.60. The van der Waals surface area contributed by atoms with Crippen LogP contribution in [-0.2, 0) is 7.05 Å². The molecular weight excluding hydrogens is 286 g/mol. The van der Waals surface area contributed by atoms with Crippen LogP contribution >= 0.6 is 0 Å². The number of nitro groups is 1. The molecule has 0 bridgehead atoms. The number of hydrogen-bond donors (Lipinski definition) is 0. The van der Waals surface area contributed by atoms with Crippen LogP contribution in [0.4, 0.5) is 5.69 Å². The van der Waals surface area contributed by atoms with E-state index in [1.54, 1.807) is 35.2 Å². The third-order valence-corrected chi connectivity index (χ3v) is 2.92. The van der Waals surface area contributed by atoms with Crippen molar-refractivity contribution in [1.82, 2.24) is 19.9 Å². The summed E-state index contributed by atoms with van der Waals surface area (Å²) in [6.45, 7) is 0. The van der Waals surface area contributed by atoms with Gasteiger partial charge in [0.25, 0.3) is 11.6 Å². The van der Waals surface area contributed by atoms with Gasteiger partial charge >= 0.3 is 0 Å². The van der Waals surface area contributed by atoms with Crippen LogP contribution < -0.4 is 0 Å². The minimum Gasteiger partial charge on any atom is -0.334 e. The van der Waals surface area contributed by atoms with Gasteiger partial charge in [-0.05, 0) is 18.2 Å². The summed E-state index contributed by atoms with van der Waals surface area (Å²) < 4.78 is 6.81. The summed E-state index contributed by atoms with van der Waals surface area (Å²) in [5, 5.41) is 18.5. The Morgan fingerprint density at radius 3 is 2.68 bits per heavy atom. The van der Waals surface area contributed by atoms with Gasteiger partial charge in [0.15, 0.2) is 0 Å². The van der Waals surface area contributed by atoms with Crippen LogP contribution in [0.1, 0.15) is 11.5 Å². The molecule has 0 fully saturated rings. The first-order valence-electron chi connectivity index (χ1n) is 6.37. The predicted molar refractivity (Wildman–Crippen MR) is 78.5 cm³/mol. The molecule has 3 aromatic rings. The van der Waals surface area contributed by atoms with Crippen LogP contribution in [-0.4, -0.2) is 24.8 Å². The Morgan fingerprint density at radius 1 is 1.27 bits per heavy atom. The van der Waals surface area contributed by atoms with Crippen molar-refractivity contribution in [3.05, 3.63) is 58.2 Å². The monoisotopic (exact) mass is 297 g/mol. The Kier molecular flexibility index (Phi) is 3.48. The van der Waals surface area contributed by atoms with E-state index in [1.165, 1.54) is 12.1 Å². The lowest BCUT2D eigenvalue weighted by Crippen LogP contribution is -1.87. The highest BCUT2D eigenvalue weighted by Gasteiger charge is 2.09. The predicted octanol–water partition coefficient (Wildman–Crippen LogP) is 2.55. The number of nitrogens with zero attached hydrogens (tertiary/aromatic N) is 5. The second-order valence-electron chi connectivity index (χ2n) is 4.54. The fraction of sp³-hybridized carbons (Fsp3) is 0.0714. The smallest absolute Gasteiger partial charge is 0.269 e. The van der Waals surface area contributed by atoms with Crippen LogP contribution in [0.2, 0.25) is 0 Å². The van der Waals surface area contributed by atoms with Crippen LogP contribution in [0.3, 0.4) is 0 Å². The van der Waals surface area contributed by atoms with Crippen LogP contribution in [0, 0.1) is 10.1 Å². The first-order valence-corrected chi connectivity index (χ1v) is 6.37. The maximum atomic E-state index is 10.6. The summed E-state index contributed by atoms with van der Waals surface area (Å²) in [7, 11) is 1.83. The number of rotatable bonds is 4. The largest absolute Gasteiger partial charge is 0.334 e. The van der Waals surface area contributed by atoms with Gasteiger partial charge in [-0.15, -0.1) is 0 Å². The molecule has 0 aliphatic heterocycles. The third-order valence-electron chi connectivity index (χ3n) is 2.92. The number of non-ortho nitro benzene ring substituents is 1. The molecule has 0 atom stereocenters. The third kappa shape index (κ3) is 2.90. The summed E-state index contributed by atoms with van der Waals surface area (Å²) in [5.74, 6) is 0.720. The summed E-state index contributed by atoms with van der Waals surface area (Å²) in [5.41, 5.74) is 1.58. The number of aromatic nitrogens is 4. The molecule has 2 aromatic heterocycles. The van der Waals surface area contributed by atoms with Crippen LogP contribution in [0.25, 0.3) is 23.5 Å². The van der Waals surface area contributed by atoms with Gasteiger partial charge in [-0.3, -0.25) is 14.8 Å². The molecule has 0 saturated carbocycles.